The first-order valence-electron chi connectivity index (χ1n) is 4.20. The quantitative estimate of drug-likeness (QED) is 0.747. The van der Waals surface area contributed by atoms with Crippen LogP contribution in [0.3, 0.4) is 0 Å². The molecule has 1 atom stereocenters. The second kappa shape index (κ2) is 4.54. The highest BCUT2D eigenvalue weighted by atomic mass is 79.9. The summed E-state index contributed by atoms with van der Waals surface area (Å²) >= 11 is 3.10. The predicted molar refractivity (Wildman–Crippen MR) is 58.1 cm³/mol. The minimum Gasteiger partial charge on any atom is -0.368 e. The maximum Gasteiger partial charge on any atom is 0.267 e. The second-order valence-electron chi connectivity index (χ2n) is 3.11. The van der Waals surface area contributed by atoms with Crippen LogP contribution in [-0.4, -0.2) is 21.5 Å². The van der Waals surface area contributed by atoms with Gasteiger partial charge in [0.15, 0.2) is 0 Å². The molecule has 1 amide bonds. The van der Waals surface area contributed by atoms with E-state index in [1.807, 2.05) is 0 Å². The summed E-state index contributed by atoms with van der Waals surface area (Å²) in [6.07, 6.45) is 1.34. The van der Waals surface area contributed by atoms with Crippen molar-refractivity contribution in [2.75, 3.05) is 0 Å². The predicted octanol–water partition coefficient (Wildman–Crippen LogP) is -0.873. The van der Waals surface area contributed by atoms with E-state index in [4.69, 9.17) is 11.5 Å². The van der Waals surface area contributed by atoms with E-state index < -0.39 is 11.9 Å². The van der Waals surface area contributed by atoms with Crippen LogP contribution in [0.25, 0.3) is 0 Å². The highest BCUT2D eigenvalue weighted by Gasteiger charge is 2.12. The number of amides is 1. The Balaban J connectivity index is 3.02. The third-order valence-electron chi connectivity index (χ3n) is 1.92. The van der Waals surface area contributed by atoms with Crippen LogP contribution >= 0.6 is 15.9 Å². The van der Waals surface area contributed by atoms with E-state index in [9.17, 15) is 9.59 Å². The zero-order valence-electron chi connectivity index (χ0n) is 8.11. The molecule has 6 nitrogen and oxygen atoms in total. The monoisotopic (exact) mass is 274 g/mol. The number of primary amides is 1. The van der Waals surface area contributed by atoms with Gasteiger partial charge in [0.2, 0.25) is 5.91 Å². The molecule has 7 heteroatoms. The number of aryl methyl sites for hydroxylation is 1. The number of hydrogen-bond acceptors (Lipinski definition) is 4. The Morgan fingerprint density at radius 1 is 1.73 bits per heavy atom. The van der Waals surface area contributed by atoms with Gasteiger partial charge in [0.05, 0.1) is 18.6 Å². The van der Waals surface area contributed by atoms with Gasteiger partial charge in [-0.05, 0) is 22.9 Å². The summed E-state index contributed by atoms with van der Waals surface area (Å²) in [7, 11) is 0. The summed E-state index contributed by atoms with van der Waals surface area (Å²) in [5.41, 5.74) is 10.7. The molecule has 0 radical (unpaired) electrons. The highest BCUT2D eigenvalue weighted by molar-refractivity contribution is 9.10. The Morgan fingerprint density at radius 3 is 2.87 bits per heavy atom. The molecule has 0 aliphatic rings. The molecule has 1 unspecified atom stereocenters. The lowest BCUT2D eigenvalue weighted by atomic mass is 10.3. The maximum atomic E-state index is 11.6. The van der Waals surface area contributed by atoms with Crippen LogP contribution in [0.5, 0.6) is 0 Å². The summed E-state index contributed by atoms with van der Waals surface area (Å²) < 4.78 is 1.61. The lowest BCUT2D eigenvalue weighted by Crippen LogP contribution is -2.42. The summed E-state index contributed by atoms with van der Waals surface area (Å²) in [4.78, 5) is 26.3. The molecule has 0 aliphatic carbocycles. The fourth-order valence-electron chi connectivity index (χ4n) is 0.978. The van der Waals surface area contributed by atoms with Crippen LogP contribution in [0.15, 0.2) is 15.6 Å². The Morgan fingerprint density at radius 2 is 2.33 bits per heavy atom. The van der Waals surface area contributed by atoms with Crippen LogP contribution in [-0.2, 0) is 11.3 Å². The molecule has 0 bridgehead atoms. The van der Waals surface area contributed by atoms with Crippen molar-refractivity contribution in [3.05, 3.63) is 26.8 Å². The third-order valence-corrected chi connectivity index (χ3v) is 2.83. The Bertz CT molecular complexity index is 443. The number of rotatable bonds is 3. The average molecular weight is 275 g/mol. The molecule has 0 saturated heterocycles. The molecule has 0 aliphatic heterocycles. The Labute approximate surface area is 94.4 Å². The fourth-order valence-corrected chi connectivity index (χ4v) is 1.31. The van der Waals surface area contributed by atoms with Crippen molar-refractivity contribution in [1.29, 1.82) is 0 Å². The van der Waals surface area contributed by atoms with E-state index in [1.54, 1.807) is 6.92 Å². The van der Waals surface area contributed by atoms with E-state index in [-0.39, 0.29) is 12.1 Å². The number of carbonyl (C=O) groups is 1. The standard InChI is InChI=1S/C8H11BrN4O2/c1-4-6(9)8(15)13(3-12-4)2-5(10)7(11)14/h3,5H,2,10H2,1H3,(H2,11,14). The minimum atomic E-state index is -0.890. The molecule has 0 aromatic carbocycles. The molecule has 1 rings (SSSR count). The molecule has 1 aromatic rings. The summed E-state index contributed by atoms with van der Waals surface area (Å²) in [6, 6.07) is -0.890. The van der Waals surface area contributed by atoms with Gasteiger partial charge in [0, 0.05) is 0 Å². The molecular formula is C8H11BrN4O2. The van der Waals surface area contributed by atoms with Crippen molar-refractivity contribution >= 4 is 21.8 Å². The van der Waals surface area contributed by atoms with Crippen molar-refractivity contribution < 1.29 is 4.79 Å². The van der Waals surface area contributed by atoms with Gasteiger partial charge in [0.25, 0.3) is 5.56 Å². The number of carbonyl (C=O) groups excluding carboxylic acids is 1. The lowest BCUT2D eigenvalue weighted by molar-refractivity contribution is -0.119. The topological polar surface area (TPSA) is 104 Å². The van der Waals surface area contributed by atoms with Crippen LogP contribution in [0, 0.1) is 6.92 Å². The SMILES string of the molecule is Cc1ncn(CC(N)C(N)=O)c(=O)c1Br. The van der Waals surface area contributed by atoms with E-state index in [0.717, 1.165) is 0 Å². The first kappa shape index (κ1) is 11.9. The van der Waals surface area contributed by atoms with Crippen molar-refractivity contribution in [2.24, 2.45) is 11.5 Å². The molecule has 1 heterocycles. The molecule has 0 saturated carbocycles. The van der Waals surface area contributed by atoms with Gasteiger partial charge in [-0.1, -0.05) is 0 Å². The zero-order chi connectivity index (χ0) is 11.6. The third kappa shape index (κ3) is 2.63. The lowest BCUT2D eigenvalue weighted by Gasteiger charge is -2.10. The number of aromatic nitrogens is 2. The normalized spacial score (nSPS) is 12.5. The number of hydrogen-bond donors (Lipinski definition) is 2. The molecular weight excluding hydrogens is 264 g/mol. The van der Waals surface area contributed by atoms with Gasteiger partial charge in [-0.25, -0.2) is 4.98 Å². The number of nitrogens with zero attached hydrogens (tertiary/aromatic N) is 2. The van der Waals surface area contributed by atoms with E-state index in [0.29, 0.717) is 10.2 Å². The van der Waals surface area contributed by atoms with Gasteiger partial charge in [-0.3, -0.25) is 14.2 Å². The summed E-state index contributed by atoms with van der Waals surface area (Å²) in [5.74, 6) is -0.654. The number of halogens is 1. The van der Waals surface area contributed by atoms with E-state index in [2.05, 4.69) is 20.9 Å². The first-order valence-corrected chi connectivity index (χ1v) is 4.99. The molecule has 0 fully saturated rings. The van der Waals surface area contributed by atoms with Crippen LogP contribution < -0.4 is 17.0 Å². The zero-order valence-corrected chi connectivity index (χ0v) is 9.69. The van der Waals surface area contributed by atoms with E-state index >= 15 is 0 Å². The molecule has 4 N–H and O–H groups in total. The summed E-state index contributed by atoms with van der Waals surface area (Å²) in [5, 5.41) is 0. The van der Waals surface area contributed by atoms with Crippen molar-refractivity contribution in [3.63, 3.8) is 0 Å². The van der Waals surface area contributed by atoms with Crippen molar-refractivity contribution in [1.82, 2.24) is 9.55 Å². The van der Waals surface area contributed by atoms with Crippen LogP contribution in [0.1, 0.15) is 5.69 Å². The van der Waals surface area contributed by atoms with Crippen molar-refractivity contribution in [3.8, 4) is 0 Å². The Kier molecular flexibility index (Phi) is 3.59. The molecule has 15 heavy (non-hydrogen) atoms. The Hall–Kier alpha value is -1.21. The van der Waals surface area contributed by atoms with Gasteiger partial charge < -0.3 is 11.5 Å². The van der Waals surface area contributed by atoms with Gasteiger partial charge in [-0.2, -0.15) is 0 Å². The van der Waals surface area contributed by atoms with Gasteiger partial charge in [-0.15, -0.1) is 0 Å². The fraction of sp³-hybridized carbons (Fsp3) is 0.375. The average Bonchev–Trinajstić information content (AvgIpc) is 2.18. The maximum absolute atomic E-state index is 11.6. The molecule has 82 valence electrons. The second-order valence-corrected chi connectivity index (χ2v) is 3.90. The van der Waals surface area contributed by atoms with Crippen LogP contribution in [0.4, 0.5) is 0 Å². The van der Waals surface area contributed by atoms with Crippen LogP contribution in [0.2, 0.25) is 0 Å². The molecule has 0 spiro atoms. The highest BCUT2D eigenvalue weighted by Crippen LogP contribution is 2.05. The summed E-state index contributed by atoms with van der Waals surface area (Å²) in [6.45, 7) is 1.73. The van der Waals surface area contributed by atoms with E-state index in [1.165, 1.54) is 10.9 Å². The minimum absolute atomic E-state index is 0.0278. The first-order chi connectivity index (χ1) is 6.93. The van der Waals surface area contributed by atoms with Crippen molar-refractivity contribution in [2.45, 2.75) is 19.5 Å². The van der Waals surface area contributed by atoms with Gasteiger partial charge in [0.1, 0.15) is 10.5 Å². The van der Waals surface area contributed by atoms with Gasteiger partial charge >= 0.3 is 0 Å². The smallest absolute Gasteiger partial charge is 0.267 e. The molecule has 1 aromatic heterocycles. The number of nitrogens with two attached hydrogens (primary N) is 2. The largest absolute Gasteiger partial charge is 0.368 e.